The van der Waals surface area contributed by atoms with Gasteiger partial charge in [0.1, 0.15) is 5.82 Å². The van der Waals surface area contributed by atoms with Crippen LogP contribution in [0, 0.1) is 5.92 Å². The summed E-state index contributed by atoms with van der Waals surface area (Å²) in [6, 6.07) is 5.25. The Morgan fingerprint density at radius 2 is 2.03 bits per heavy atom. The Kier molecular flexibility index (Phi) is 7.71. The standard InChI is InChI=1S/C24H36N4O4S/c1-3-12-28-22-8-7-20(33(30,31)27-13-5-6-14-27)16-21(22)25-23(28)9-10-24(29)26(4-2)17-19-11-15-32-18-19/h7-8,16,19H,3-6,9-15,17-18H2,1-2H3. The second kappa shape index (κ2) is 10.5. The van der Waals surface area contributed by atoms with Gasteiger partial charge >= 0.3 is 0 Å². The second-order valence-corrected chi connectivity index (χ2v) is 11.0. The third-order valence-electron chi connectivity index (χ3n) is 6.75. The smallest absolute Gasteiger partial charge is 0.243 e. The van der Waals surface area contributed by atoms with Gasteiger partial charge in [-0.1, -0.05) is 6.92 Å². The molecule has 1 atom stereocenters. The number of aromatic nitrogens is 2. The van der Waals surface area contributed by atoms with E-state index in [0.29, 0.717) is 48.8 Å². The molecule has 8 nitrogen and oxygen atoms in total. The van der Waals surface area contributed by atoms with Gasteiger partial charge < -0.3 is 14.2 Å². The summed E-state index contributed by atoms with van der Waals surface area (Å²) in [5, 5.41) is 0. The number of imidazole rings is 1. The molecule has 0 saturated carbocycles. The SMILES string of the molecule is CCCn1c(CCC(=O)N(CC)CC2CCOC2)nc2cc(S(=O)(=O)N3CCCC3)ccc21. The number of carbonyl (C=O) groups excluding carboxylic acids is 1. The molecule has 0 radical (unpaired) electrons. The third-order valence-corrected chi connectivity index (χ3v) is 8.64. The van der Waals surface area contributed by atoms with Crippen molar-refractivity contribution in [1.82, 2.24) is 18.8 Å². The first-order valence-corrected chi connectivity index (χ1v) is 13.7. The first-order valence-electron chi connectivity index (χ1n) is 12.3. The molecule has 3 heterocycles. The normalized spacial score (nSPS) is 19.5. The summed E-state index contributed by atoms with van der Waals surface area (Å²) in [4.78, 5) is 19.9. The van der Waals surface area contributed by atoms with Crippen LogP contribution in [0.2, 0.25) is 0 Å². The Hall–Kier alpha value is -1.97. The van der Waals surface area contributed by atoms with Crippen LogP contribution in [0.5, 0.6) is 0 Å². The molecule has 1 amide bonds. The summed E-state index contributed by atoms with van der Waals surface area (Å²) < 4.78 is 35.1. The second-order valence-electron chi connectivity index (χ2n) is 9.10. The van der Waals surface area contributed by atoms with Crippen molar-refractivity contribution in [2.75, 3.05) is 39.4 Å². The molecule has 1 aromatic heterocycles. The zero-order chi connectivity index (χ0) is 23.4. The maximum atomic E-state index is 13.0. The quantitative estimate of drug-likeness (QED) is 0.526. The fourth-order valence-electron chi connectivity index (χ4n) is 4.88. The number of hydrogen-bond donors (Lipinski definition) is 0. The van der Waals surface area contributed by atoms with E-state index in [1.807, 2.05) is 17.9 Å². The maximum absolute atomic E-state index is 13.0. The molecule has 0 bridgehead atoms. The van der Waals surface area contributed by atoms with E-state index >= 15 is 0 Å². The molecule has 2 aromatic rings. The van der Waals surface area contributed by atoms with Crippen molar-refractivity contribution in [3.05, 3.63) is 24.0 Å². The number of benzene rings is 1. The summed E-state index contributed by atoms with van der Waals surface area (Å²) >= 11 is 0. The van der Waals surface area contributed by atoms with Crippen LogP contribution in [-0.2, 0) is 32.5 Å². The van der Waals surface area contributed by atoms with Crippen LogP contribution in [0.15, 0.2) is 23.1 Å². The van der Waals surface area contributed by atoms with Gasteiger partial charge in [-0.25, -0.2) is 13.4 Å². The van der Waals surface area contributed by atoms with E-state index in [2.05, 4.69) is 11.5 Å². The van der Waals surface area contributed by atoms with Crippen molar-refractivity contribution >= 4 is 27.0 Å². The molecule has 4 rings (SSSR count). The van der Waals surface area contributed by atoms with Crippen LogP contribution in [0.4, 0.5) is 0 Å². The predicted molar refractivity (Wildman–Crippen MR) is 128 cm³/mol. The van der Waals surface area contributed by atoms with E-state index in [1.165, 1.54) is 0 Å². The van der Waals surface area contributed by atoms with Crippen LogP contribution in [0.25, 0.3) is 11.0 Å². The molecular formula is C24H36N4O4S. The van der Waals surface area contributed by atoms with E-state index in [4.69, 9.17) is 9.72 Å². The van der Waals surface area contributed by atoms with Gasteiger partial charge in [-0.15, -0.1) is 0 Å². The average Bonchev–Trinajstić information content (AvgIpc) is 3.57. The molecule has 33 heavy (non-hydrogen) atoms. The molecule has 2 fully saturated rings. The van der Waals surface area contributed by atoms with Gasteiger partial charge in [-0.05, 0) is 50.8 Å². The summed E-state index contributed by atoms with van der Waals surface area (Å²) in [5.74, 6) is 1.41. The molecule has 2 aliphatic heterocycles. The van der Waals surface area contributed by atoms with Gasteiger partial charge in [0.05, 0.1) is 22.5 Å². The lowest BCUT2D eigenvalue weighted by Crippen LogP contribution is -2.35. The Bertz CT molecular complexity index is 1070. The van der Waals surface area contributed by atoms with Gasteiger partial charge in [0.2, 0.25) is 15.9 Å². The molecule has 0 aliphatic carbocycles. The van der Waals surface area contributed by atoms with Crippen molar-refractivity contribution in [2.45, 2.75) is 63.8 Å². The van der Waals surface area contributed by atoms with Crippen LogP contribution >= 0.6 is 0 Å². The van der Waals surface area contributed by atoms with E-state index in [0.717, 1.165) is 63.3 Å². The lowest BCUT2D eigenvalue weighted by molar-refractivity contribution is -0.131. The summed E-state index contributed by atoms with van der Waals surface area (Å²) in [7, 11) is -3.48. The number of hydrogen-bond acceptors (Lipinski definition) is 5. The predicted octanol–water partition coefficient (Wildman–Crippen LogP) is 3.05. The monoisotopic (exact) mass is 476 g/mol. The van der Waals surface area contributed by atoms with Gasteiger partial charge in [0.25, 0.3) is 0 Å². The van der Waals surface area contributed by atoms with E-state index in [1.54, 1.807) is 16.4 Å². The minimum atomic E-state index is -3.48. The molecule has 0 N–H and O–H groups in total. The zero-order valence-corrected chi connectivity index (χ0v) is 20.6. The number of amides is 1. The highest BCUT2D eigenvalue weighted by molar-refractivity contribution is 7.89. The summed E-state index contributed by atoms with van der Waals surface area (Å²) in [6.45, 7) is 9.04. The lowest BCUT2D eigenvalue weighted by Gasteiger charge is -2.23. The highest BCUT2D eigenvalue weighted by Gasteiger charge is 2.28. The first-order chi connectivity index (χ1) is 15.9. The minimum Gasteiger partial charge on any atom is -0.381 e. The Balaban J connectivity index is 1.52. The maximum Gasteiger partial charge on any atom is 0.243 e. The van der Waals surface area contributed by atoms with Crippen molar-refractivity contribution < 1.29 is 17.9 Å². The fourth-order valence-corrected chi connectivity index (χ4v) is 6.42. The Morgan fingerprint density at radius 3 is 2.70 bits per heavy atom. The molecule has 182 valence electrons. The number of carbonyl (C=O) groups is 1. The average molecular weight is 477 g/mol. The van der Waals surface area contributed by atoms with Gasteiger partial charge in [0.15, 0.2) is 0 Å². The number of nitrogens with zero attached hydrogens (tertiary/aromatic N) is 4. The minimum absolute atomic E-state index is 0.136. The van der Waals surface area contributed by atoms with Crippen LogP contribution in [0.3, 0.4) is 0 Å². The topological polar surface area (TPSA) is 84.7 Å². The molecule has 0 spiro atoms. The number of aryl methyl sites for hydroxylation is 2. The largest absolute Gasteiger partial charge is 0.381 e. The Labute approximate surface area is 196 Å². The van der Waals surface area contributed by atoms with E-state index in [9.17, 15) is 13.2 Å². The van der Waals surface area contributed by atoms with Gasteiger partial charge in [-0.3, -0.25) is 4.79 Å². The highest BCUT2D eigenvalue weighted by Crippen LogP contribution is 2.26. The molecule has 1 unspecified atom stereocenters. The van der Waals surface area contributed by atoms with Crippen molar-refractivity contribution in [3.8, 4) is 0 Å². The Morgan fingerprint density at radius 1 is 1.24 bits per heavy atom. The van der Waals surface area contributed by atoms with Crippen molar-refractivity contribution in [2.24, 2.45) is 5.92 Å². The molecule has 1 aromatic carbocycles. The van der Waals surface area contributed by atoms with Crippen LogP contribution in [-0.4, -0.2) is 72.5 Å². The molecule has 2 aliphatic rings. The van der Waals surface area contributed by atoms with Crippen molar-refractivity contribution in [1.29, 1.82) is 0 Å². The van der Waals surface area contributed by atoms with E-state index < -0.39 is 10.0 Å². The summed E-state index contributed by atoms with van der Waals surface area (Å²) in [6.07, 6.45) is 4.70. The van der Waals surface area contributed by atoms with Crippen molar-refractivity contribution in [3.63, 3.8) is 0 Å². The van der Waals surface area contributed by atoms with Gasteiger partial charge in [-0.2, -0.15) is 4.31 Å². The molecular weight excluding hydrogens is 440 g/mol. The fraction of sp³-hybridized carbons (Fsp3) is 0.667. The van der Waals surface area contributed by atoms with E-state index in [-0.39, 0.29) is 5.91 Å². The number of fused-ring (bicyclic) bond motifs is 1. The number of ether oxygens (including phenoxy) is 1. The van der Waals surface area contributed by atoms with Crippen LogP contribution < -0.4 is 0 Å². The number of sulfonamides is 1. The lowest BCUT2D eigenvalue weighted by atomic mass is 10.1. The summed E-state index contributed by atoms with van der Waals surface area (Å²) in [5.41, 5.74) is 1.61. The third kappa shape index (κ3) is 5.25. The first kappa shape index (κ1) is 24.2. The molecule has 9 heteroatoms. The number of rotatable bonds is 10. The highest BCUT2D eigenvalue weighted by atomic mass is 32.2. The zero-order valence-electron chi connectivity index (χ0n) is 19.8. The van der Waals surface area contributed by atoms with Gasteiger partial charge in [0, 0.05) is 58.1 Å². The van der Waals surface area contributed by atoms with Crippen LogP contribution in [0.1, 0.15) is 51.8 Å². The molecule has 2 saturated heterocycles.